The summed E-state index contributed by atoms with van der Waals surface area (Å²) < 4.78 is 71.9. The molecule has 0 fully saturated rings. The fraction of sp³-hybridized carbons (Fsp3) is 0.200. The van der Waals surface area contributed by atoms with Crippen molar-refractivity contribution >= 4 is 21.0 Å². The summed E-state index contributed by atoms with van der Waals surface area (Å²) in [7, 11) is 0. The molecule has 0 spiro atoms. The Morgan fingerprint density at radius 2 is 1.41 bits per heavy atom. The fourth-order valence-corrected chi connectivity index (χ4v) is 1.77. The second-order valence-corrected chi connectivity index (χ2v) is 5.02. The summed E-state index contributed by atoms with van der Waals surface area (Å²) in [5.41, 5.74) is -0.514. The van der Waals surface area contributed by atoms with Gasteiger partial charge in [-0.2, -0.15) is 0 Å². The molecule has 0 aliphatic carbocycles. The van der Waals surface area contributed by atoms with Crippen LogP contribution >= 0.6 is 0 Å². The van der Waals surface area contributed by atoms with Gasteiger partial charge < -0.3 is 0 Å². The van der Waals surface area contributed by atoms with Crippen LogP contribution in [0.3, 0.4) is 0 Å². The molecule has 7 heteroatoms. The molecule has 0 heterocycles. The van der Waals surface area contributed by atoms with E-state index < -0.39 is 31.8 Å². The van der Waals surface area contributed by atoms with E-state index in [1.807, 2.05) is 0 Å². The second-order valence-electron chi connectivity index (χ2n) is 2.99. The Morgan fingerprint density at radius 1 is 0.882 bits per heavy atom. The van der Waals surface area contributed by atoms with Gasteiger partial charge in [0.25, 0.3) is 0 Å². The van der Waals surface area contributed by atoms with Crippen LogP contribution in [-0.2, 0) is 6.18 Å². The van der Waals surface area contributed by atoms with Gasteiger partial charge in [0.15, 0.2) is 0 Å². The van der Waals surface area contributed by atoms with Crippen molar-refractivity contribution in [3.63, 3.8) is 0 Å². The maximum atomic E-state index is 12.2. The quantitative estimate of drug-likeness (QED) is 0.573. The molecule has 0 saturated carbocycles. The first-order valence-corrected chi connectivity index (χ1v) is 6.11. The summed E-state index contributed by atoms with van der Waals surface area (Å²) in [6, 6.07) is 3.93. The summed E-state index contributed by atoms with van der Waals surface area (Å²) in [6.07, 6.45) is -3.27. The number of alkyl halides is 6. The molecule has 0 aliphatic rings. The van der Waals surface area contributed by atoms with Gasteiger partial charge >= 0.3 is 99.0 Å². The average Bonchev–Trinajstić information content (AvgIpc) is 2.15. The van der Waals surface area contributed by atoms with E-state index in [1.165, 1.54) is 0 Å². The van der Waals surface area contributed by atoms with Gasteiger partial charge in [-0.3, -0.25) is 0 Å². The first kappa shape index (κ1) is 14.1. The molecule has 0 aromatic heterocycles. The molecule has 0 N–H and O–H groups in total. The summed E-state index contributed by atoms with van der Waals surface area (Å²) in [4.78, 5) is 0.926. The summed E-state index contributed by atoms with van der Waals surface area (Å²) in [5, 5.41) is -4.24. The monoisotopic (exact) mass is 320 g/mol. The zero-order valence-corrected chi connectivity index (χ0v) is 9.85. The van der Waals surface area contributed by atoms with Crippen LogP contribution in [0.15, 0.2) is 29.2 Å². The van der Waals surface area contributed by atoms with Crippen LogP contribution in [-0.4, -0.2) is 20.0 Å². The zero-order valence-electron chi connectivity index (χ0n) is 8.14. The normalized spacial score (nSPS) is 13.3. The Labute approximate surface area is 99.5 Å². The van der Waals surface area contributed by atoms with Crippen LogP contribution in [0.1, 0.15) is 11.1 Å². The van der Waals surface area contributed by atoms with E-state index in [1.54, 1.807) is 0 Å². The van der Waals surface area contributed by atoms with Gasteiger partial charge in [0.1, 0.15) is 0 Å². The Kier molecular flexibility index (Phi) is 4.27. The molecule has 94 valence electrons. The molecule has 0 saturated heterocycles. The fourth-order valence-electron chi connectivity index (χ4n) is 0.973. The van der Waals surface area contributed by atoms with Gasteiger partial charge in [0.2, 0.25) is 0 Å². The first-order chi connectivity index (χ1) is 7.68. The van der Waals surface area contributed by atoms with Crippen LogP contribution in [0.25, 0.3) is 6.08 Å². The van der Waals surface area contributed by atoms with Crippen molar-refractivity contribution in [3.05, 3.63) is 40.4 Å². The third kappa shape index (κ3) is 5.28. The van der Waals surface area contributed by atoms with E-state index in [2.05, 4.69) is 0 Å². The van der Waals surface area contributed by atoms with Crippen LogP contribution in [0, 0.1) is 0 Å². The summed E-state index contributed by atoms with van der Waals surface area (Å²) >= 11 is -1.66. The van der Waals surface area contributed by atoms with E-state index in [0.717, 1.165) is 35.3 Å². The summed E-state index contributed by atoms with van der Waals surface area (Å²) in [6.45, 7) is 0. The van der Waals surface area contributed by atoms with E-state index >= 15 is 0 Å². The van der Waals surface area contributed by atoms with Crippen LogP contribution in [0.4, 0.5) is 26.3 Å². The Hall–Kier alpha value is -0.941. The zero-order chi connectivity index (χ0) is 13.1. The van der Waals surface area contributed by atoms with E-state index in [4.69, 9.17) is 0 Å². The summed E-state index contributed by atoms with van der Waals surface area (Å²) in [5.74, 6) is 0. The molecule has 0 nitrogen and oxygen atoms in total. The molecule has 0 unspecified atom stereocenters. The number of hydrogen-bond donors (Lipinski definition) is 0. The minimum atomic E-state index is -4.43. The predicted octanol–water partition coefficient (Wildman–Crippen LogP) is 3.90. The third-order valence-corrected chi connectivity index (χ3v) is 2.83. The van der Waals surface area contributed by atoms with Gasteiger partial charge in [-0.25, -0.2) is 0 Å². The van der Waals surface area contributed by atoms with E-state index in [0.29, 0.717) is 5.56 Å². The third-order valence-electron chi connectivity index (χ3n) is 1.70. The van der Waals surface area contributed by atoms with Crippen molar-refractivity contribution in [2.24, 2.45) is 0 Å². The first-order valence-electron chi connectivity index (χ1n) is 4.27. The predicted molar refractivity (Wildman–Crippen MR) is 52.3 cm³/mol. The molecule has 0 atom stereocenters. The van der Waals surface area contributed by atoms with E-state index in [-0.39, 0.29) is 0 Å². The van der Waals surface area contributed by atoms with Crippen molar-refractivity contribution in [1.29, 1.82) is 0 Å². The van der Waals surface area contributed by atoms with Gasteiger partial charge in [0, 0.05) is 0 Å². The average molecular weight is 319 g/mol. The number of benzene rings is 1. The van der Waals surface area contributed by atoms with Crippen molar-refractivity contribution < 1.29 is 26.3 Å². The van der Waals surface area contributed by atoms with Gasteiger partial charge in [0.05, 0.1) is 0 Å². The standard InChI is InChI=1S/C10H6F6Se/c11-9(12,13)8-3-1-7(2-4-8)5-6-17-10(14,15)16/h1-6H/b6-5+. The van der Waals surface area contributed by atoms with Crippen molar-refractivity contribution in [2.45, 2.75) is 11.3 Å². The van der Waals surface area contributed by atoms with Gasteiger partial charge in [-0.05, 0) is 0 Å². The van der Waals surface area contributed by atoms with Crippen molar-refractivity contribution in [1.82, 2.24) is 0 Å². The van der Waals surface area contributed by atoms with Crippen LogP contribution < -0.4 is 0 Å². The van der Waals surface area contributed by atoms with Crippen LogP contribution in [0.2, 0.25) is 0 Å². The van der Waals surface area contributed by atoms with Gasteiger partial charge in [-0.1, -0.05) is 0 Å². The van der Waals surface area contributed by atoms with E-state index in [9.17, 15) is 26.3 Å². The van der Waals surface area contributed by atoms with Crippen LogP contribution in [0.5, 0.6) is 0 Å². The molecule has 1 aromatic rings. The van der Waals surface area contributed by atoms with Crippen molar-refractivity contribution in [2.75, 3.05) is 0 Å². The molecule has 0 aliphatic heterocycles. The molecular weight excluding hydrogens is 313 g/mol. The Morgan fingerprint density at radius 3 is 1.82 bits per heavy atom. The minimum absolute atomic E-state index is 0.309. The maximum absolute atomic E-state index is 12.2. The Balaban J connectivity index is 2.69. The van der Waals surface area contributed by atoms with Crippen molar-refractivity contribution in [3.8, 4) is 0 Å². The second kappa shape index (κ2) is 5.14. The Bertz CT molecular complexity index is 387. The molecule has 0 bridgehead atoms. The molecule has 0 radical (unpaired) electrons. The number of halogens is 6. The topological polar surface area (TPSA) is 0 Å². The van der Waals surface area contributed by atoms with Gasteiger partial charge in [-0.15, -0.1) is 0 Å². The molecule has 1 rings (SSSR count). The SMILES string of the molecule is FC(F)(F)[Se]/C=C/c1ccc(C(F)(F)F)cc1. The molecular formula is C10H6F6Se. The molecule has 0 amide bonds. The molecule has 1 aromatic carbocycles. The number of rotatable bonds is 2. The number of hydrogen-bond acceptors (Lipinski definition) is 0. The molecule has 17 heavy (non-hydrogen) atoms.